The molecule has 1 aliphatic carbocycles. The van der Waals surface area contributed by atoms with E-state index in [1.165, 1.54) is 16.7 Å². The quantitative estimate of drug-likeness (QED) is 0.684. The Morgan fingerprint density at radius 3 is 2.96 bits per heavy atom. The van der Waals surface area contributed by atoms with Gasteiger partial charge in [0.2, 0.25) is 17.0 Å². The van der Waals surface area contributed by atoms with Crippen molar-refractivity contribution < 1.29 is 14.3 Å². The van der Waals surface area contributed by atoms with Crippen LogP contribution in [0.5, 0.6) is 5.75 Å². The molecule has 0 unspecified atom stereocenters. The van der Waals surface area contributed by atoms with Crippen molar-refractivity contribution in [3.8, 4) is 5.75 Å². The smallest absolute Gasteiger partial charge is 0.243 e. The van der Waals surface area contributed by atoms with Crippen LogP contribution in [0.4, 0.5) is 5.69 Å². The van der Waals surface area contributed by atoms with Crippen molar-refractivity contribution in [1.82, 2.24) is 20.1 Å². The van der Waals surface area contributed by atoms with E-state index in [0.717, 1.165) is 18.7 Å². The highest BCUT2D eigenvalue weighted by Gasteiger charge is 2.27. The zero-order valence-electron chi connectivity index (χ0n) is 14.7. The molecule has 0 radical (unpaired) electrons. The molecule has 1 heterocycles. The molecule has 2 N–H and O–H groups in total. The highest BCUT2D eigenvalue weighted by molar-refractivity contribution is 7.99. The summed E-state index contributed by atoms with van der Waals surface area (Å²) in [5.41, 5.74) is 0.623. The van der Waals surface area contributed by atoms with Crippen molar-refractivity contribution in [2.45, 2.75) is 23.9 Å². The van der Waals surface area contributed by atoms with Crippen molar-refractivity contribution in [2.24, 2.45) is 0 Å². The maximum atomic E-state index is 12.2. The first kappa shape index (κ1) is 18.2. The fraction of sp³-hybridized carbons (Fsp3) is 0.412. The molecule has 0 aliphatic heterocycles. The fourth-order valence-corrected chi connectivity index (χ4v) is 3.05. The van der Waals surface area contributed by atoms with E-state index in [1.807, 2.05) is 0 Å². The van der Waals surface area contributed by atoms with Crippen molar-refractivity contribution >= 4 is 29.3 Å². The Morgan fingerprint density at radius 2 is 2.23 bits per heavy atom. The zero-order chi connectivity index (χ0) is 18.5. The van der Waals surface area contributed by atoms with Crippen LogP contribution >= 0.6 is 11.8 Å². The third-order valence-electron chi connectivity index (χ3n) is 3.93. The predicted molar refractivity (Wildman–Crippen MR) is 98.3 cm³/mol. The molecule has 1 aromatic heterocycles. The largest absolute Gasteiger partial charge is 0.497 e. The van der Waals surface area contributed by atoms with Crippen LogP contribution in [0.1, 0.15) is 24.6 Å². The van der Waals surface area contributed by atoms with Gasteiger partial charge in [0.1, 0.15) is 11.6 Å². The van der Waals surface area contributed by atoms with E-state index in [0.29, 0.717) is 22.5 Å². The van der Waals surface area contributed by atoms with Crippen LogP contribution in [-0.4, -0.2) is 58.4 Å². The lowest BCUT2D eigenvalue weighted by Gasteiger charge is -2.16. The number of methoxy groups -OCH3 is 1. The molecule has 1 fully saturated rings. The van der Waals surface area contributed by atoms with Gasteiger partial charge in [-0.05, 0) is 25.0 Å². The normalized spacial score (nSPS) is 13.3. The number of H-pyrrole nitrogens is 1. The Balaban J connectivity index is 1.44. The molecule has 26 heavy (non-hydrogen) atoms. The fourth-order valence-electron chi connectivity index (χ4n) is 2.30. The molecule has 0 atom stereocenters. The van der Waals surface area contributed by atoms with Gasteiger partial charge in [0.05, 0.1) is 19.4 Å². The number of benzene rings is 1. The first-order valence-corrected chi connectivity index (χ1v) is 9.26. The van der Waals surface area contributed by atoms with Crippen molar-refractivity contribution in [3.63, 3.8) is 0 Å². The highest BCUT2D eigenvalue weighted by atomic mass is 32.2. The molecule has 1 aliphatic rings. The third-order valence-corrected chi connectivity index (χ3v) is 4.76. The lowest BCUT2D eigenvalue weighted by Crippen LogP contribution is -2.35. The molecule has 1 saturated carbocycles. The number of nitrogens with one attached hydrogen (secondary N) is 2. The predicted octanol–water partition coefficient (Wildman–Crippen LogP) is 1.88. The first-order valence-electron chi connectivity index (χ1n) is 8.28. The van der Waals surface area contributed by atoms with Gasteiger partial charge < -0.3 is 15.0 Å². The number of hydrogen-bond donors (Lipinski definition) is 2. The van der Waals surface area contributed by atoms with Gasteiger partial charge in [-0.2, -0.15) is 0 Å². The topological polar surface area (TPSA) is 100 Å². The van der Waals surface area contributed by atoms with E-state index in [1.54, 1.807) is 38.4 Å². The van der Waals surface area contributed by atoms with Gasteiger partial charge in [0.15, 0.2) is 0 Å². The minimum Gasteiger partial charge on any atom is -0.497 e. The summed E-state index contributed by atoms with van der Waals surface area (Å²) in [7, 11) is 3.16. The molecule has 0 spiro atoms. The van der Waals surface area contributed by atoms with E-state index in [2.05, 4.69) is 20.5 Å². The van der Waals surface area contributed by atoms with Gasteiger partial charge >= 0.3 is 0 Å². The second-order valence-electron chi connectivity index (χ2n) is 6.10. The number of carbonyl (C=O) groups is 2. The monoisotopic (exact) mass is 375 g/mol. The van der Waals surface area contributed by atoms with Crippen LogP contribution in [0.25, 0.3) is 0 Å². The Morgan fingerprint density at radius 1 is 1.42 bits per heavy atom. The van der Waals surface area contributed by atoms with Crippen LogP contribution in [-0.2, 0) is 9.59 Å². The molecule has 8 nitrogen and oxygen atoms in total. The Labute approximate surface area is 155 Å². The maximum absolute atomic E-state index is 12.2. The summed E-state index contributed by atoms with van der Waals surface area (Å²) in [5.74, 6) is 1.80. The number of aromatic amines is 1. The molecule has 3 rings (SSSR count). The van der Waals surface area contributed by atoms with Crippen molar-refractivity contribution in [1.29, 1.82) is 0 Å². The van der Waals surface area contributed by atoms with Gasteiger partial charge in [-0.25, -0.2) is 4.98 Å². The van der Waals surface area contributed by atoms with E-state index < -0.39 is 0 Å². The SMILES string of the molecule is COc1cccc(NC(=O)CN(C)C(=O)CSc2n[nH]c(C3CC3)n2)c1. The molecule has 2 aromatic rings. The molecular weight excluding hydrogens is 354 g/mol. The van der Waals surface area contributed by atoms with Gasteiger partial charge in [0, 0.05) is 24.7 Å². The summed E-state index contributed by atoms with van der Waals surface area (Å²) in [4.78, 5) is 30.1. The number of carbonyl (C=O) groups excluding carboxylic acids is 2. The van der Waals surface area contributed by atoms with Crippen molar-refractivity contribution in [3.05, 3.63) is 30.1 Å². The number of anilines is 1. The van der Waals surface area contributed by atoms with Gasteiger partial charge in [-0.1, -0.05) is 17.8 Å². The van der Waals surface area contributed by atoms with E-state index in [-0.39, 0.29) is 24.1 Å². The maximum Gasteiger partial charge on any atom is 0.243 e. The number of amides is 2. The number of likely N-dealkylation sites (N-methyl/N-ethyl adjacent to an activating group) is 1. The van der Waals surface area contributed by atoms with E-state index in [9.17, 15) is 9.59 Å². The second kappa shape index (κ2) is 8.22. The third kappa shape index (κ3) is 4.98. The molecule has 0 saturated heterocycles. The molecular formula is C17H21N5O3S. The molecule has 138 valence electrons. The average Bonchev–Trinajstić information content (AvgIpc) is 3.38. The van der Waals surface area contributed by atoms with Gasteiger partial charge in [-0.3, -0.25) is 14.7 Å². The number of thioether (sulfide) groups is 1. The van der Waals surface area contributed by atoms with Crippen molar-refractivity contribution in [2.75, 3.05) is 31.8 Å². The Hall–Kier alpha value is -2.55. The number of aromatic nitrogens is 3. The number of rotatable bonds is 8. The highest BCUT2D eigenvalue weighted by Crippen LogP contribution is 2.38. The molecule has 0 bridgehead atoms. The van der Waals surface area contributed by atoms with Crippen LogP contribution < -0.4 is 10.1 Å². The summed E-state index contributed by atoms with van der Waals surface area (Å²) in [6, 6.07) is 7.06. The summed E-state index contributed by atoms with van der Waals surface area (Å²) in [5, 5.41) is 10.3. The second-order valence-corrected chi connectivity index (χ2v) is 7.04. The Bertz CT molecular complexity index is 790. The minimum atomic E-state index is -0.270. The van der Waals surface area contributed by atoms with E-state index >= 15 is 0 Å². The summed E-state index contributed by atoms with van der Waals surface area (Å²) in [6.07, 6.45) is 2.28. The van der Waals surface area contributed by atoms with Crippen LogP contribution in [0, 0.1) is 0 Å². The number of nitrogens with zero attached hydrogens (tertiary/aromatic N) is 3. The Kier molecular flexibility index (Phi) is 5.77. The van der Waals surface area contributed by atoms with E-state index in [4.69, 9.17) is 4.74 Å². The standard InChI is InChI=1S/C17H21N5O3S/c1-22(9-14(23)18-12-4-3-5-13(8-12)25-2)15(24)10-26-17-19-16(20-21-17)11-6-7-11/h3-5,8,11H,6-7,9-10H2,1-2H3,(H,18,23)(H,19,20,21). The minimum absolute atomic E-state index is 0.0298. The first-order chi connectivity index (χ1) is 12.5. The van der Waals surface area contributed by atoms with Crippen LogP contribution in [0.15, 0.2) is 29.4 Å². The molecule has 1 aromatic carbocycles. The summed E-state index contributed by atoms with van der Waals surface area (Å²) < 4.78 is 5.12. The lowest BCUT2D eigenvalue weighted by molar-refractivity contribution is -0.131. The van der Waals surface area contributed by atoms with Gasteiger partial charge in [0.25, 0.3) is 0 Å². The average molecular weight is 375 g/mol. The molecule has 2 amide bonds. The number of ether oxygens (including phenoxy) is 1. The number of hydrogen-bond acceptors (Lipinski definition) is 6. The zero-order valence-corrected chi connectivity index (χ0v) is 15.5. The lowest BCUT2D eigenvalue weighted by atomic mass is 10.3. The molecule has 9 heteroatoms. The van der Waals surface area contributed by atoms with Crippen LogP contribution in [0.2, 0.25) is 0 Å². The summed E-state index contributed by atoms with van der Waals surface area (Å²) >= 11 is 1.27. The van der Waals surface area contributed by atoms with Crippen LogP contribution in [0.3, 0.4) is 0 Å². The van der Waals surface area contributed by atoms with Gasteiger partial charge in [-0.15, -0.1) is 5.10 Å². The summed E-state index contributed by atoms with van der Waals surface area (Å²) in [6.45, 7) is -0.0298.